The molecule has 32 heavy (non-hydrogen) atoms. The zero-order valence-electron chi connectivity index (χ0n) is 17.9. The molecular formula is C21H26N4O7. The number of amides is 2. The standard InChI is InChI=1S/C21H26N4O7/c1-21(2)12-16(27)11-18(32-21)19(28)22-17(13-26)20(29)24-9-7-23(8-10-24)14-3-5-15(6-4-14)25(30)31/h3-6,11,17,26H,7-10,12-13H2,1-2H3,(H,22,28)/t17-/m0/s1. The van der Waals surface area contributed by atoms with Crippen molar-refractivity contribution >= 4 is 29.0 Å². The smallest absolute Gasteiger partial charge is 0.287 e. The number of nitro benzene ring substituents is 1. The summed E-state index contributed by atoms with van der Waals surface area (Å²) in [6.45, 7) is 4.46. The first-order valence-corrected chi connectivity index (χ1v) is 10.2. The highest BCUT2D eigenvalue weighted by atomic mass is 16.6. The van der Waals surface area contributed by atoms with Gasteiger partial charge in [0.25, 0.3) is 11.6 Å². The van der Waals surface area contributed by atoms with E-state index >= 15 is 0 Å². The number of benzene rings is 1. The number of nitro groups is 1. The Morgan fingerprint density at radius 3 is 2.38 bits per heavy atom. The van der Waals surface area contributed by atoms with Gasteiger partial charge in [0, 0.05) is 56.5 Å². The Morgan fingerprint density at radius 2 is 1.84 bits per heavy atom. The first-order chi connectivity index (χ1) is 15.1. The predicted octanol–water partition coefficient (Wildman–Crippen LogP) is 0.372. The molecule has 0 aliphatic carbocycles. The van der Waals surface area contributed by atoms with Crippen LogP contribution in [0.5, 0.6) is 0 Å². The van der Waals surface area contributed by atoms with Crippen LogP contribution in [-0.4, -0.2) is 77.0 Å². The van der Waals surface area contributed by atoms with E-state index in [9.17, 15) is 29.6 Å². The number of aliphatic hydroxyl groups is 1. The number of hydrogen-bond donors (Lipinski definition) is 2. The minimum absolute atomic E-state index is 0.00578. The van der Waals surface area contributed by atoms with Crippen molar-refractivity contribution in [1.29, 1.82) is 0 Å². The van der Waals surface area contributed by atoms with Crippen LogP contribution in [0.3, 0.4) is 0 Å². The van der Waals surface area contributed by atoms with Crippen molar-refractivity contribution < 1.29 is 29.2 Å². The number of hydrogen-bond acceptors (Lipinski definition) is 8. The monoisotopic (exact) mass is 446 g/mol. The van der Waals surface area contributed by atoms with Crippen LogP contribution in [-0.2, 0) is 19.1 Å². The quantitative estimate of drug-likeness (QED) is 0.471. The molecule has 0 bridgehead atoms. The summed E-state index contributed by atoms with van der Waals surface area (Å²) in [5.74, 6) is -1.60. The van der Waals surface area contributed by atoms with E-state index in [2.05, 4.69) is 5.32 Å². The molecule has 2 N–H and O–H groups in total. The Hall–Kier alpha value is -3.47. The van der Waals surface area contributed by atoms with Crippen molar-refractivity contribution in [2.45, 2.75) is 31.9 Å². The molecule has 0 unspecified atom stereocenters. The zero-order chi connectivity index (χ0) is 23.5. The number of nitrogens with one attached hydrogen (secondary N) is 1. The van der Waals surface area contributed by atoms with Gasteiger partial charge in [0.05, 0.1) is 11.5 Å². The van der Waals surface area contributed by atoms with Gasteiger partial charge in [-0.3, -0.25) is 24.5 Å². The zero-order valence-corrected chi connectivity index (χ0v) is 17.9. The van der Waals surface area contributed by atoms with Crippen LogP contribution in [0.2, 0.25) is 0 Å². The molecule has 2 aliphatic heterocycles. The third-order valence-corrected chi connectivity index (χ3v) is 5.31. The highest BCUT2D eigenvalue weighted by molar-refractivity contribution is 6.03. The fourth-order valence-electron chi connectivity index (χ4n) is 3.70. The van der Waals surface area contributed by atoms with Gasteiger partial charge in [-0.15, -0.1) is 0 Å². The summed E-state index contributed by atoms with van der Waals surface area (Å²) in [6, 6.07) is 5.01. The van der Waals surface area contributed by atoms with E-state index in [-0.39, 0.29) is 23.7 Å². The maximum atomic E-state index is 12.8. The molecule has 11 heteroatoms. The number of piperazine rings is 1. The summed E-state index contributed by atoms with van der Waals surface area (Å²) < 4.78 is 5.54. The summed E-state index contributed by atoms with van der Waals surface area (Å²) in [7, 11) is 0. The van der Waals surface area contributed by atoms with Crippen LogP contribution in [0.1, 0.15) is 20.3 Å². The van der Waals surface area contributed by atoms with E-state index < -0.39 is 35.0 Å². The Kier molecular flexibility index (Phi) is 6.78. The number of nitrogens with zero attached hydrogens (tertiary/aromatic N) is 3. The van der Waals surface area contributed by atoms with Crippen molar-refractivity contribution in [2.24, 2.45) is 0 Å². The number of carbonyl (C=O) groups is 3. The lowest BCUT2D eigenvalue weighted by molar-refractivity contribution is -0.384. The van der Waals surface area contributed by atoms with E-state index in [1.165, 1.54) is 17.0 Å². The van der Waals surface area contributed by atoms with Gasteiger partial charge in [0.15, 0.2) is 11.5 Å². The second kappa shape index (κ2) is 9.35. The van der Waals surface area contributed by atoms with Crippen molar-refractivity contribution in [1.82, 2.24) is 10.2 Å². The SMILES string of the molecule is CC1(C)CC(=O)C=C(C(=O)N[C@@H](CO)C(=O)N2CCN(c3ccc([N+](=O)[O-])cc3)CC2)O1. The van der Waals surface area contributed by atoms with Crippen LogP contribution >= 0.6 is 0 Å². The molecular weight excluding hydrogens is 420 g/mol. The summed E-state index contributed by atoms with van der Waals surface area (Å²) in [5, 5.41) is 22.9. The Bertz CT molecular complexity index is 934. The average molecular weight is 446 g/mol. The maximum absolute atomic E-state index is 12.8. The fraction of sp³-hybridized carbons (Fsp3) is 0.476. The van der Waals surface area contributed by atoms with Crippen LogP contribution in [0, 0.1) is 10.1 Å². The minimum Gasteiger partial charge on any atom is -0.482 e. The van der Waals surface area contributed by atoms with Crippen LogP contribution < -0.4 is 10.2 Å². The molecule has 11 nitrogen and oxygen atoms in total. The van der Waals surface area contributed by atoms with Gasteiger partial charge in [0.2, 0.25) is 5.91 Å². The van der Waals surface area contributed by atoms with Gasteiger partial charge < -0.3 is 25.0 Å². The number of non-ortho nitro benzene ring substituents is 1. The molecule has 0 radical (unpaired) electrons. The molecule has 172 valence electrons. The van der Waals surface area contributed by atoms with Crippen molar-refractivity contribution in [3.8, 4) is 0 Å². The van der Waals surface area contributed by atoms with Gasteiger partial charge in [-0.25, -0.2) is 0 Å². The van der Waals surface area contributed by atoms with Gasteiger partial charge in [-0.2, -0.15) is 0 Å². The summed E-state index contributed by atoms with van der Waals surface area (Å²) in [4.78, 5) is 51.0. The number of anilines is 1. The molecule has 1 aromatic carbocycles. The third-order valence-electron chi connectivity index (χ3n) is 5.31. The van der Waals surface area contributed by atoms with Crippen molar-refractivity contribution in [3.63, 3.8) is 0 Å². The third kappa shape index (κ3) is 5.41. The number of rotatable bonds is 6. The molecule has 2 amide bonds. The van der Waals surface area contributed by atoms with Gasteiger partial charge >= 0.3 is 0 Å². The lowest BCUT2D eigenvalue weighted by Crippen LogP contribution is -2.56. The van der Waals surface area contributed by atoms with E-state index in [0.29, 0.717) is 26.2 Å². The average Bonchev–Trinajstić information content (AvgIpc) is 2.75. The first-order valence-electron chi connectivity index (χ1n) is 10.2. The molecule has 0 saturated carbocycles. The Labute approximate surface area is 184 Å². The topological polar surface area (TPSA) is 142 Å². The van der Waals surface area contributed by atoms with Crippen LogP contribution in [0.4, 0.5) is 11.4 Å². The molecule has 2 heterocycles. The molecule has 2 aliphatic rings. The highest BCUT2D eigenvalue weighted by Crippen LogP contribution is 2.25. The molecule has 1 fully saturated rings. The molecule has 3 rings (SSSR count). The van der Waals surface area contributed by atoms with Crippen LogP contribution in [0.15, 0.2) is 36.1 Å². The van der Waals surface area contributed by atoms with Crippen molar-refractivity contribution in [2.75, 3.05) is 37.7 Å². The molecule has 1 saturated heterocycles. The Balaban J connectivity index is 1.57. The van der Waals surface area contributed by atoms with E-state index in [0.717, 1.165) is 11.8 Å². The van der Waals surface area contributed by atoms with Crippen molar-refractivity contribution in [3.05, 3.63) is 46.2 Å². The minimum atomic E-state index is -1.17. The van der Waals surface area contributed by atoms with E-state index in [1.807, 2.05) is 4.90 Å². The summed E-state index contributed by atoms with van der Waals surface area (Å²) in [6.07, 6.45) is 1.24. The van der Waals surface area contributed by atoms with Crippen LogP contribution in [0.25, 0.3) is 0 Å². The van der Waals surface area contributed by atoms with E-state index in [4.69, 9.17) is 4.74 Å². The van der Waals surface area contributed by atoms with Gasteiger partial charge in [0.1, 0.15) is 11.6 Å². The maximum Gasteiger partial charge on any atom is 0.287 e. The summed E-state index contributed by atoms with van der Waals surface area (Å²) >= 11 is 0. The first kappa shape index (κ1) is 23.2. The lowest BCUT2D eigenvalue weighted by Gasteiger charge is -2.37. The lowest BCUT2D eigenvalue weighted by atomic mass is 9.98. The number of ketones is 1. The fourth-order valence-corrected chi connectivity index (χ4v) is 3.70. The number of allylic oxidation sites excluding steroid dienone is 1. The largest absolute Gasteiger partial charge is 0.482 e. The number of aliphatic hydroxyl groups excluding tert-OH is 1. The number of ether oxygens (including phenoxy) is 1. The van der Waals surface area contributed by atoms with Gasteiger partial charge in [-0.05, 0) is 26.0 Å². The Morgan fingerprint density at radius 1 is 1.22 bits per heavy atom. The predicted molar refractivity (Wildman–Crippen MR) is 114 cm³/mol. The van der Waals surface area contributed by atoms with Gasteiger partial charge in [-0.1, -0.05) is 0 Å². The molecule has 0 spiro atoms. The molecule has 0 aromatic heterocycles. The van der Waals surface area contributed by atoms with E-state index in [1.54, 1.807) is 26.0 Å². The second-order valence-corrected chi connectivity index (χ2v) is 8.31. The normalized spacial score (nSPS) is 19.0. The second-order valence-electron chi connectivity index (χ2n) is 8.31. The molecule has 1 aromatic rings. The number of carbonyl (C=O) groups excluding carboxylic acids is 3. The molecule has 1 atom stereocenters. The summed E-state index contributed by atoms with van der Waals surface area (Å²) in [5.41, 5.74) is -0.0135. The highest BCUT2D eigenvalue weighted by Gasteiger charge is 2.34.